The Bertz CT molecular complexity index is 1190. The van der Waals surface area contributed by atoms with Gasteiger partial charge in [0.25, 0.3) is 0 Å². The molecule has 2 aromatic carbocycles. The second-order valence-corrected chi connectivity index (χ2v) is 7.37. The van der Waals surface area contributed by atoms with Crippen molar-refractivity contribution in [1.82, 2.24) is 4.57 Å². The highest BCUT2D eigenvalue weighted by Crippen LogP contribution is 2.30. The zero-order valence-electron chi connectivity index (χ0n) is 16.5. The van der Waals surface area contributed by atoms with Crippen LogP contribution in [0, 0.1) is 24.2 Å². The van der Waals surface area contributed by atoms with Crippen molar-refractivity contribution < 1.29 is 25.2 Å². The van der Waals surface area contributed by atoms with E-state index in [9.17, 15) is 20.4 Å². The van der Waals surface area contributed by atoms with Crippen molar-refractivity contribution in [3.8, 4) is 24.2 Å². The van der Waals surface area contributed by atoms with Gasteiger partial charge in [-0.2, -0.15) is 0 Å². The molecule has 2 heterocycles. The van der Waals surface area contributed by atoms with E-state index >= 15 is 0 Å². The predicted molar refractivity (Wildman–Crippen MR) is 114 cm³/mol. The van der Waals surface area contributed by atoms with Crippen LogP contribution in [0.25, 0.3) is 21.8 Å². The van der Waals surface area contributed by atoms with Crippen molar-refractivity contribution in [1.29, 1.82) is 0 Å². The lowest BCUT2D eigenvalue weighted by molar-refractivity contribution is -0.214. The number of hydrogen-bond donors (Lipinski definition) is 4. The lowest BCUT2D eigenvalue weighted by Crippen LogP contribution is -2.58. The molecule has 0 amide bonds. The van der Waals surface area contributed by atoms with E-state index < -0.39 is 37.1 Å². The van der Waals surface area contributed by atoms with Crippen molar-refractivity contribution >= 4 is 21.8 Å². The molecule has 1 fully saturated rings. The van der Waals surface area contributed by atoms with Crippen LogP contribution in [-0.2, 0) is 11.3 Å². The first-order valence-electron chi connectivity index (χ1n) is 9.83. The summed E-state index contributed by atoms with van der Waals surface area (Å²) in [6.45, 7) is 2.41. The SMILES string of the molecule is C#Cc1ccc2c(c1)c1cc(C#CC3OC(CO)[C@@H](O)C(O)C3O)ccc1n2CC. The summed E-state index contributed by atoms with van der Waals surface area (Å²) in [5.74, 6) is 8.46. The molecule has 4 rings (SSSR count). The Balaban J connectivity index is 1.75. The number of aromatic nitrogens is 1. The normalized spacial score (nSPS) is 26.3. The largest absolute Gasteiger partial charge is 0.394 e. The molecule has 0 spiro atoms. The Kier molecular flexibility index (Phi) is 5.53. The van der Waals surface area contributed by atoms with Crippen molar-refractivity contribution in [3.63, 3.8) is 0 Å². The summed E-state index contributed by atoms with van der Waals surface area (Å²) in [5.41, 5.74) is 3.67. The third-order valence-corrected chi connectivity index (χ3v) is 5.60. The molecule has 5 atom stereocenters. The molecule has 0 bridgehead atoms. The number of aryl methyl sites for hydroxylation is 1. The molecule has 0 aliphatic carbocycles. The first kappa shape index (κ1) is 20.4. The van der Waals surface area contributed by atoms with Crippen LogP contribution in [0.15, 0.2) is 36.4 Å². The quantitative estimate of drug-likeness (QED) is 0.477. The Morgan fingerprint density at radius 3 is 2.20 bits per heavy atom. The van der Waals surface area contributed by atoms with E-state index in [1.54, 1.807) is 0 Å². The van der Waals surface area contributed by atoms with E-state index in [0.717, 1.165) is 33.9 Å². The van der Waals surface area contributed by atoms with Crippen LogP contribution in [0.5, 0.6) is 0 Å². The van der Waals surface area contributed by atoms with Crippen LogP contribution in [0.1, 0.15) is 18.1 Å². The van der Waals surface area contributed by atoms with E-state index in [0.29, 0.717) is 5.56 Å². The molecule has 1 aliphatic rings. The Labute approximate surface area is 174 Å². The fraction of sp³-hybridized carbons (Fsp3) is 0.333. The van der Waals surface area contributed by atoms with Gasteiger partial charge in [-0.15, -0.1) is 6.42 Å². The molecule has 6 nitrogen and oxygen atoms in total. The van der Waals surface area contributed by atoms with Crippen molar-refractivity contribution in [3.05, 3.63) is 47.5 Å². The topological polar surface area (TPSA) is 95.1 Å². The summed E-state index contributed by atoms with van der Waals surface area (Å²) in [7, 11) is 0. The molecule has 1 saturated heterocycles. The number of rotatable bonds is 2. The molecule has 4 N–H and O–H groups in total. The number of aliphatic hydroxyl groups is 4. The highest BCUT2D eigenvalue weighted by Gasteiger charge is 2.42. The average molecular weight is 405 g/mol. The Hall–Kier alpha value is -2.84. The lowest BCUT2D eigenvalue weighted by atomic mass is 9.95. The summed E-state index contributed by atoms with van der Waals surface area (Å²) in [6, 6.07) is 11.8. The van der Waals surface area contributed by atoms with Crippen LogP contribution in [0.4, 0.5) is 0 Å². The van der Waals surface area contributed by atoms with Crippen molar-refractivity contribution in [2.75, 3.05) is 6.61 Å². The summed E-state index contributed by atoms with van der Waals surface area (Å²) in [6.07, 6.45) is -0.651. The smallest absolute Gasteiger partial charge is 0.147 e. The van der Waals surface area contributed by atoms with Gasteiger partial charge in [0.05, 0.1) is 6.61 Å². The number of fused-ring (bicyclic) bond motifs is 3. The van der Waals surface area contributed by atoms with Crippen molar-refractivity contribution in [2.45, 2.75) is 44.0 Å². The zero-order chi connectivity index (χ0) is 21.4. The molecule has 154 valence electrons. The molecule has 1 aromatic heterocycles. The molecule has 3 aromatic rings. The van der Waals surface area contributed by atoms with Crippen molar-refractivity contribution in [2.24, 2.45) is 0 Å². The predicted octanol–water partition coefficient (Wildman–Crippen LogP) is 0.990. The molecule has 0 saturated carbocycles. The summed E-state index contributed by atoms with van der Waals surface area (Å²) in [4.78, 5) is 0. The van der Waals surface area contributed by atoms with Crippen LogP contribution in [0.3, 0.4) is 0 Å². The fourth-order valence-electron chi connectivity index (χ4n) is 3.99. The van der Waals surface area contributed by atoms with Crippen LogP contribution in [0.2, 0.25) is 0 Å². The fourth-order valence-corrected chi connectivity index (χ4v) is 3.99. The maximum atomic E-state index is 10.2. The van der Waals surface area contributed by atoms with E-state index in [-0.39, 0.29) is 0 Å². The summed E-state index contributed by atoms with van der Waals surface area (Å²) >= 11 is 0. The number of aliphatic hydroxyl groups excluding tert-OH is 4. The molecular weight excluding hydrogens is 382 g/mol. The maximum Gasteiger partial charge on any atom is 0.147 e. The minimum Gasteiger partial charge on any atom is -0.394 e. The van der Waals surface area contributed by atoms with Crippen LogP contribution >= 0.6 is 0 Å². The number of terminal acetylenes is 1. The van der Waals surface area contributed by atoms with E-state index in [1.165, 1.54) is 0 Å². The van der Waals surface area contributed by atoms with Gasteiger partial charge in [0.1, 0.15) is 30.5 Å². The number of ether oxygens (including phenoxy) is 1. The Morgan fingerprint density at radius 1 is 0.967 bits per heavy atom. The summed E-state index contributed by atoms with van der Waals surface area (Å²) < 4.78 is 7.66. The van der Waals surface area contributed by atoms with Crippen LogP contribution in [-0.4, -0.2) is 62.1 Å². The third kappa shape index (κ3) is 3.36. The first-order chi connectivity index (χ1) is 14.5. The van der Waals surface area contributed by atoms with E-state index in [1.807, 2.05) is 36.4 Å². The number of benzene rings is 2. The molecule has 1 aliphatic heterocycles. The minimum absolute atomic E-state index is 0.483. The molecular formula is C24H23NO5. The Morgan fingerprint density at radius 2 is 1.60 bits per heavy atom. The third-order valence-electron chi connectivity index (χ3n) is 5.60. The van der Waals surface area contributed by atoms with Gasteiger partial charge in [-0.1, -0.05) is 17.8 Å². The molecule has 6 heteroatoms. The van der Waals surface area contributed by atoms with Gasteiger partial charge in [0.2, 0.25) is 0 Å². The lowest BCUT2D eigenvalue weighted by Gasteiger charge is -2.37. The second-order valence-electron chi connectivity index (χ2n) is 7.37. The van der Waals surface area contributed by atoms with Gasteiger partial charge in [-0.25, -0.2) is 0 Å². The maximum absolute atomic E-state index is 10.2. The van der Waals surface area contributed by atoms with E-state index in [4.69, 9.17) is 11.2 Å². The van der Waals surface area contributed by atoms with Gasteiger partial charge >= 0.3 is 0 Å². The van der Waals surface area contributed by atoms with Gasteiger partial charge in [-0.05, 0) is 43.3 Å². The highest BCUT2D eigenvalue weighted by atomic mass is 16.5. The van der Waals surface area contributed by atoms with E-state index in [2.05, 4.69) is 29.3 Å². The second kappa shape index (κ2) is 8.12. The average Bonchev–Trinajstić information content (AvgIpc) is 3.09. The monoisotopic (exact) mass is 405 g/mol. The van der Waals surface area contributed by atoms with Gasteiger partial charge in [0, 0.05) is 39.5 Å². The summed E-state index contributed by atoms with van der Waals surface area (Å²) in [5, 5.41) is 41.4. The minimum atomic E-state index is -1.44. The zero-order valence-corrected chi connectivity index (χ0v) is 16.5. The number of nitrogens with zero attached hydrogens (tertiary/aromatic N) is 1. The highest BCUT2D eigenvalue weighted by molar-refractivity contribution is 6.08. The molecule has 4 unspecified atom stereocenters. The first-order valence-corrected chi connectivity index (χ1v) is 9.83. The molecule has 0 radical (unpaired) electrons. The standard InChI is InChI=1S/C24H23NO5/c1-3-14-5-8-18-16(11-14)17-12-15(6-9-19(17)25(18)4-2)7-10-20-22(27)24(29)23(28)21(13-26)30-20/h1,5-6,8-9,11-12,20-24,26-29H,4,13H2,2H3/t20?,21?,22?,23-,24?/m1/s1. The van der Waals surface area contributed by atoms with Crippen LogP contribution < -0.4 is 0 Å². The molecule has 30 heavy (non-hydrogen) atoms. The van der Waals surface area contributed by atoms with Gasteiger partial charge in [-0.3, -0.25) is 0 Å². The van der Waals surface area contributed by atoms with Gasteiger partial charge in [0.15, 0.2) is 0 Å². The van der Waals surface area contributed by atoms with Gasteiger partial charge < -0.3 is 29.7 Å². The number of hydrogen-bond acceptors (Lipinski definition) is 5.